The molecule has 88 valence electrons. The van der Waals surface area contributed by atoms with E-state index >= 15 is 0 Å². The minimum absolute atomic E-state index is 0.0178. The Bertz CT molecular complexity index is 347. The number of rotatable bonds is 4. The Hall–Kier alpha value is -0.580. The van der Waals surface area contributed by atoms with Crippen LogP contribution in [0.15, 0.2) is 24.3 Å². The van der Waals surface area contributed by atoms with Crippen molar-refractivity contribution in [3.05, 3.63) is 33.4 Å². The lowest BCUT2D eigenvalue weighted by Crippen LogP contribution is -2.36. The van der Waals surface area contributed by atoms with Crippen LogP contribution < -0.4 is 5.32 Å². The minimum Gasteiger partial charge on any atom is -0.349 e. The highest BCUT2D eigenvalue weighted by Crippen LogP contribution is 2.10. The summed E-state index contributed by atoms with van der Waals surface area (Å²) in [5, 5.41) is 3.02. The van der Waals surface area contributed by atoms with Crippen LogP contribution in [-0.4, -0.2) is 11.9 Å². The van der Waals surface area contributed by atoms with E-state index in [-0.39, 0.29) is 11.9 Å². The summed E-state index contributed by atoms with van der Waals surface area (Å²) < 4.78 is 1.14. The molecule has 1 amide bonds. The van der Waals surface area contributed by atoms with Crippen LogP contribution in [0.3, 0.4) is 0 Å². The number of carbonyl (C=O) groups is 1. The first-order valence-electron chi connectivity index (χ1n) is 5.61. The average molecular weight is 331 g/mol. The molecule has 3 heteroatoms. The van der Waals surface area contributed by atoms with Gasteiger partial charge in [-0.15, -0.1) is 0 Å². The molecule has 0 aromatic heterocycles. The fourth-order valence-electron chi connectivity index (χ4n) is 1.39. The van der Waals surface area contributed by atoms with Gasteiger partial charge in [0.1, 0.15) is 0 Å². The maximum atomic E-state index is 11.9. The van der Waals surface area contributed by atoms with Gasteiger partial charge in [0.25, 0.3) is 5.91 Å². The predicted molar refractivity (Wildman–Crippen MR) is 75.5 cm³/mol. The summed E-state index contributed by atoms with van der Waals surface area (Å²) in [7, 11) is 0. The van der Waals surface area contributed by atoms with Crippen molar-refractivity contribution in [1.82, 2.24) is 5.32 Å². The third kappa shape index (κ3) is 3.77. The zero-order valence-corrected chi connectivity index (χ0v) is 12.1. The Kier molecular flexibility index (Phi) is 5.25. The number of benzene rings is 1. The number of carbonyl (C=O) groups excluding carboxylic acids is 1. The number of halogens is 1. The van der Waals surface area contributed by atoms with Crippen LogP contribution in [0.25, 0.3) is 0 Å². The first-order valence-corrected chi connectivity index (χ1v) is 6.69. The van der Waals surface area contributed by atoms with E-state index in [2.05, 4.69) is 48.7 Å². The first kappa shape index (κ1) is 13.5. The van der Waals surface area contributed by atoms with Gasteiger partial charge in [-0.05, 0) is 59.7 Å². The zero-order chi connectivity index (χ0) is 12.1. The summed E-state index contributed by atoms with van der Waals surface area (Å²) in [5.41, 5.74) is 0.732. The van der Waals surface area contributed by atoms with E-state index in [0.717, 1.165) is 15.6 Å². The standard InChI is InChI=1S/C13H18INO/c1-4-9(2)10(3)15-13(16)11-5-7-12(14)8-6-11/h5-10H,4H2,1-3H3,(H,15,16). The molecule has 0 fully saturated rings. The molecule has 1 aromatic carbocycles. The molecule has 2 nitrogen and oxygen atoms in total. The molecule has 1 N–H and O–H groups in total. The molecule has 0 radical (unpaired) electrons. The highest BCUT2D eigenvalue weighted by Gasteiger charge is 2.13. The molecule has 0 bridgehead atoms. The number of amides is 1. The Morgan fingerprint density at radius 1 is 1.31 bits per heavy atom. The van der Waals surface area contributed by atoms with Crippen molar-refractivity contribution in [2.75, 3.05) is 0 Å². The molecule has 0 saturated heterocycles. The van der Waals surface area contributed by atoms with Gasteiger partial charge in [0.2, 0.25) is 0 Å². The second-order valence-corrected chi connectivity index (χ2v) is 5.40. The lowest BCUT2D eigenvalue weighted by Gasteiger charge is -2.19. The van der Waals surface area contributed by atoms with Crippen LogP contribution in [-0.2, 0) is 0 Å². The molecule has 1 aromatic rings. The van der Waals surface area contributed by atoms with Gasteiger partial charge in [0, 0.05) is 15.2 Å². The van der Waals surface area contributed by atoms with Crippen LogP contribution >= 0.6 is 22.6 Å². The molecule has 2 atom stereocenters. The van der Waals surface area contributed by atoms with Gasteiger partial charge in [0.15, 0.2) is 0 Å². The molecule has 0 aliphatic heterocycles. The van der Waals surface area contributed by atoms with E-state index in [1.165, 1.54) is 0 Å². The van der Waals surface area contributed by atoms with Gasteiger partial charge >= 0.3 is 0 Å². The lowest BCUT2D eigenvalue weighted by molar-refractivity contribution is 0.0928. The molecular formula is C13H18INO. The van der Waals surface area contributed by atoms with Crippen molar-refractivity contribution in [2.45, 2.75) is 33.2 Å². The fraction of sp³-hybridized carbons (Fsp3) is 0.462. The second kappa shape index (κ2) is 6.23. The summed E-state index contributed by atoms with van der Waals surface area (Å²) in [6.07, 6.45) is 1.08. The van der Waals surface area contributed by atoms with Crippen LogP contribution in [0.4, 0.5) is 0 Å². The van der Waals surface area contributed by atoms with Crippen molar-refractivity contribution in [3.63, 3.8) is 0 Å². The van der Waals surface area contributed by atoms with Crippen molar-refractivity contribution in [3.8, 4) is 0 Å². The van der Waals surface area contributed by atoms with Crippen molar-refractivity contribution in [1.29, 1.82) is 0 Å². The Morgan fingerprint density at radius 2 is 1.88 bits per heavy atom. The number of hydrogen-bond acceptors (Lipinski definition) is 1. The van der Waals surface area contributed by atoms with E-state index in [9.17, 15) is 4.79 Å². The van der Waals surface area contributed by atoms with Gasteiger partial charge < -0.3 is 5.32 Å². The van der Waals surface area contributed by atoms with E-state index in [0.29, 0.717) is 5.92 Å². The number of hydrogen-bond donors (Lipinski definition) is 1. The van der Waals surface area contributed by atoms with Gasteiger partial charge in [-0.3, -0.25) is 4.79 Å². The molecule has 0 saturated carbocycles. The van der Waals surface area contributed by atoms with Crippen LogP contribution in [0.1, 0.15) is 37.6 Å². The summed E-state index contributed by atoms with van der Waals surface area (Å²) in [5.74, 6) is 0.525. The highest BCUT2D eigenvalue weighted by atomic mass is 127. The summed E-state index contributed by atoms with van der Waals surface area (Å²) in [6.45, 7) is 6.34. The highest BCUT2D eigenvalue weighted by molar-refractivity contribution is 14.1. The van der Waals surface area contributed by atoms with E-state index in [1.54, 1.807) is 0 Å². The molecule has 0 aliphatic carbocycles. The molecule has 16 heavy (non-hydrogen) atoms. The number of nitrogens with one attached hydrogen (secondary N) is 1. The zero-order valence-electron chi connectivity index (χ0n) is 9.96. The summed E-state index contributed by atoms with van der Waals surface area (Å²) in [6, 6.07) is 7.84. The summed E-state index contributed by atoms with van der Waals surface area (Å²) >= 11 is 2.23. The van der Waals surface area contributed by atoms with Crippen molar-refractivity contribution < 1.29 is 4.79 Å². The SMILES string of the molecule is CCC(C)C(C)NC(=O)c1ccc(I)cc1. The van der Waals surface area contributed by atoms with E-state index in [4.69, 9.17) is 0 Å². The van der Waals surface area contributed by atoms with Crippen molar-refractivity contribution >= 4 is 28.5 Å². The van der Waals surface area contributed by atoms with Crippen LogP contribution in [0.2, 0.25) is 0 Å². The van der Waals surface area contributed by atoms with Crippen molar-refractivity contribution in [2.24, 2.45) is 5.92 Å². The molecule has 1 rings (SSSR count). The molecule has 2 unspecified atom stereocenters. The second-order valence-electron chi connectivity index (χ2n) is 4.15. The van der Waals surface area contributed by atoms with Crippen LogP contribution in [0.5, 0.6) is 0 Å². The van der Waals surface area contributed by atoms with Gasteiger partial charge in [-0.1, -0.05) is 20.3 Å². The fourth-order valence-corrected chi connectivity index (χ4v) is 1.75. The maximum Gasteiger partial charge on any atom is 0.251 e. The van der Waals surface area contributed by atoms with Crippen LogP contribution in [0, 0.1) is 9.49 Å². The third-order valence-electron chi connectivity index (χ3n) is 2.96. The predicted octanol–water partition coefficient (Wildman–Crippen LogP) is 3.46. The van der Waals surface area contributed by atoms with Gasteiger partial charge in [-0.25, -0.2) is 0 Å². The Morgan fingerprint density at radius 3 is 2.38 bits per heavy atom. The van der Waals surface area contributed by atoms with Gasteiger partial charge in [-0.2, -0.15) is 0 Å². The summed E-state index contributed by atoms with van der Waals surface area (Å²) in [4.78, 5) is 11.9. The third-order valence-corrected chi connectivity index (χ3v) is 3.68. The molecule has 0 heterocycles. The quantitative estimate of drug-likeness (QED) is 0.841. The molecular weight excluding hydrogens is 313 g/mol. The normalized spacial score (nSPS) is 14.2. The Balaban J connectivity index is 2.62. The Labute approximate surface area is 111 Å². The monoisotopic (exact) mass is 331 g/mol. The van der Waals surface area contributed by atoms with Gasteiger partial charge in [0.05, 0.1) is 0 Å². The molecule has 0 aliphatic rings. The molecule has 0 spiro atoms. The van der Waals surface area contributed by atoms with E-state index < -0.39 is 0 Å². The smallest absolute Gasteiger partial charge is 0.251 e. The first-order chi connectivity index (χ1) is 7.54. The van der Waals surface area contributed by atoms with E-state index in [1.807, 2.05) is 24.3 Å². The average Bonchev–Trinajstić information content (AvgIpc) is 2.28. The largest absolute Gasteiger partial charge is 0.349 e. The minimum atomic E-state index is 0.0178. The topological polar surface area (TPSA) is 29.1 Å². The lowest BCUT2D eigenvalue weighted by atomic mass is 10.0. The maximum absolute atomic E-state index is 11.9.